The summed E-state index contributed by atoms with van der Waals surface area (Å²) in [5, 5.41) is 15.2. The van der Waals surface area contributed by atoms with Gasteiger partial charge in [-0.3, -0.25) is 0 Å². The van der Waals surface area contributed by atoms with Crippen LogP contribution in [0.4, 0.5) is 17.1 Å². The van der Waals surface area contributed by atoms with Gasteiger partial charge >= 0.3 is 0 Å². The monoisotopic (exact) mass is 1080 g/mol. The molecule has 0 aliphatic heterocycles. The van der Waals surface area contributed by atoms with E-state index in [0.717, 1.165) is 17.1 Å². The second-order valence-corrected chi connectivity index (χ2v) is 25.4. The van der Waals surface area contributed by atoms with Crippen LogP contribution in [0.3, 0.4) is 0 Å². The third-order valence-corrected chi connectivity index (χ3v) is 20.3. The number of hydrogen-bond donors (Lipinski definition) is 0. The molecule has 0 fully saturated rings. The van der Waals surface area contributed by atoms with Gasteiger partial charge in [0.15, 0.2) is 0 Å². The van der Waals surface area contributed by atoms with Crippen molar-refractivity contribution >= 4 is 81.7 Å². The normalized spacial score (nSPS) is 14.2. The van der Waals surface area contributed by atoms with E-state index in [1.54, 1.807) is 0 Å². The first-order valence-electron chi connectivity index (χ1n) is 30.1. The Morgan fingerprint density at radius 2 is 0.576 bits per heavy atom. The lowest BCUT2D eigenvalue weighted by Gasteiger charge is -2.33. The molecule has 0 N–H and O–H groups in total. The van der Waals surface area contributed by atoms with Crippen LogP contribution in [-0.4, -0.2) is 0 Å². The van der Waals surface area contributed by atoms with Crippen molar-refractivity contribution in [2.75, 3.05) is 4.90 Å². The zero-order valence-electron chi connectivity index (χ0n) is 47.5. The zero-order valence-corrected chi connectivity index (χ0v) is 47.5. The van der Waals surface area contributed by atoms with Crippen molar-refractivity contribution < 1.29 is 0 Å². The lowest BCUT2D eigenvalue weighted by atomic mass is 9.69. The zero-order chi connectivity index (χ0) is 56.1. The minimum atomic E-state index is -0.544. The predicted octanol–water partition coefficient (Wildman–Crippen LogP) is 22.1. The minimum absolute atomic E-state index is 0.0123. The van der Waals surface area contributed by atoms with E-state index in [4.69, 9.17) is 0 Å². The van der Waals surface area contributed by atoms with Crippen molar-refractivity contribution in [1.82, 2.24) is 0 Å². The molecule has 85 heavy (non-hydrogen) atoms. The van der Waals surface area contributed by atoms with Crippen molar-refractivity contribution in [2.24, 2.45) is 0 Å². The summed E-state index contributed by atoms with van der Waals surface area (Å²) in [6.45, 7) is 6.93. The number of anilines is 3. The number of hydrogen-bond acceptors (Lipinski definition) is 1. The standard InChI is InChI=1S/C84H55N/c1-82(2,3)54-36-38-55(39-37-54)85(56-40-42-66-68(48-56)58-24-8-10-30-64(58)78-70-44-50-20-4-6-22-52(50)46-76(70)83(80(66)78)72-32-16-12-26-60(72)61-27-13-17-33-73(61)83)57-41-43-67-69(49-57)59-25-9-11-31-65(59)79-71-45-51-21-5-7-23-53(51)47-77(71)84(81(67)79)74-34-18-14-28-62(74)63-29-15-19-35-75(63)84/h4-49H,1-3H3. The topological polar surface area (TPSA) is 3.24 Å². The largest absolute Gasteiger partial charge is 0.310 e. The van der Waals surface area contributed by atoms with Crippen LogP contribution in [0.25, 0.3) is 109 Å². The molecule has 0 aromatic heterocycles. The first kappa shape index (κ1) is 47.2. The Morgan fingerprint density at radius 3 is 0.965 bits per heavy atom. The van der Waals surface area contributed by atoms with Crippen LogP contribution in [0.15, 0.2) is 279 Å². The van der Waals surface area contributed by atoms with Gasteiger partial charge < -0.3 is 4.90 Å². The molecule has 2 spiro atoms. The van der Waals surface area contributed by atoms with Crippen LogP contribution >= 0.6 is 0 Å². The van der Waals surface area contributed by atoms with E-state index in [1.807, 2.05) is 0 Å². The Hall–Kier alpha value is -10.3. The average molecular weight is 1080 g/mol. The average Bonchev–Trinajstić information content (AvgIpc) is 1.56. The molecule has 0 saturated heterocycles. The summed E-state index contributed by atoms with van der Waals surface area (Å²) in [5.74, 6) is 0. The molecule has 0 radical (unpaired) electrons. The van der Waals surface area contributed by atoms with Crippen LogP contribution < -0.4 is 4.90 Å². The summed E-state index contributed by atoms with van der Waals surface area (Å²) >= 11 is 0. The van der Waals surface area contributed by atoms with Gasteiger partial charge in [0.2, 0.25) is 0 Å². The molecule has 1 nitrogen and oxygen atoms in total. The molecular weight excluding hydrogens is 1020 g/mol. The molecule has 4 aliphatic carbocycles. The van der Waals surface area contributed by atoms with Gasteiger partial charge in [0.1, 0.15) is 0 Å². The highest BCUT2D eigenvalue weighted by Gasteiger charge is 2.55. The van der Waals surface area contributed by atoms with Gasteiger partial charge in [-0.1, -0.05) is 239 Å². The highest BCUT2D eigenvalue weighted by atomic mass is 15.1. The Kier molecular flexibility index (Phi) is 9.26. The third kappa shape index (κ3) is 5.97. The van der Waals surface area contributed by atoms with Crippen LogP contribution in [-0.2, 0) is 16.2 Å². The van der Waals surface area contributed by atoms with Gasteiger partial charge in [-0.25, -0.2) is 0 Å². The van der Waals surface area contributed by atoms with Crippen molar-refractivity contribution in [1.29, 1.82) is 0 Å². The maximum atomic E-state index is 2.53. The molecular formula is C84H55N. The molecule has 15 aromatic carbocycles. The SMILES string of the molecule is CC(C)(C)c1ccc(N(c2ccc3c4c(c5ccccc5c3c2)-c2cc3ccccc3cc2C42c3ccccc3-c3ccccc32)c2ccc3c4c(c5ccccc5c3c2)-c2cc3ccccc3cc2C42c3ccccc3-c3ccccc32)cc1. The third-order valence-electron chi connectivity index (χ3n) is 20.3. The fourth-order valence-electron chi connectivity index (χ4n) is 16.9. The van der Waals surface area contributed by atoms with E-state index in [-0.39, 0.29) is 5.41 Å². The lowest BCUT2D eigenvalue weighted by Crippen LogP contribution is -2.26. The molecule has 15 aromatic rings. The number of nitrogens with zero attached hydrogens (tertiary/aromatic N) is 1. The van der Waals surface area contributed by atoms with Crippen molar-refractivity contribution in [3.63, 3.8) is 0 Å². The van der Waals surface area contributed by atoms with Gasteiger partial charge in [-0.15, -0.1) is 0 Å². The van der Waals surface area contributed by atoms with Crippen molar-refractivity contribution in [2.45, 2.75) is 37.0 Å². The smallest absolute Gasteiger partial charge is 0.0731 e. The fourth-order valence-corrected chi connectivity index (χ4v) is 16.9. The van der Waals surface area contributed by atoms with Gasteiger partial charge in [-0.05, 0) is 225 Å². The molecule has 19 rings (SSSR count). The number of fused-ring (bicyclic) bond motifs is 32. The first-order chi connectivity index (χ1) is 41.8. The van der Waals surface area contributed by atoms with E-state index >= 15 is 0 Å². The van der Waals surface area contributed by atoms with Crippen LogP contribution in [0.2, 0.25) is 0 Å². The summed E-state index contributed by atoms with van der Waals surface area (Å²) in [5.41, 5.74) is 25.0. The summed E-state index contributed by atoms with van der Waals surface area (Å²) in [7, 11) is 0. The summed E-state index contributed by atoms with van der Waals surface area (Å²) in [4.78, 5) is 2.53. The summed E-state index contributed by atoms with van der Waals surface area (Å²) < 4.78 is 0. The Labute approximate surface area is 494 Å². The van der Waals surface area contributed by atoms with Gasteiger partial charge in [0, 0.05) is 17.1 Å². The highest BCUT2D eigenvalue weighted by Crippen LogP contribution is 2.68. The molecule has 0 heterocycles. The quantitative estimate of drug-likeness (QED) is 0.159. The molecule has 0 atom stereocenters. The Balaban J connectivity index is 0.903. The van der Waals surface area contributed by atoms with Gasteiger partial charge in [0.05, 0.1) is 10.8 Å². The van der Waals surface area contributed by atoms with E-state index in [1.165, 1.54) is 159 Å². The molecule has 396 valence electrons. The summed E-state index contributed by atoms with van der Waals surface area (Å²) in [6.07, 6.45) is 0. The van der Waals surface area contributed by atoms with Crippen LogP contribution in [0.1, 0.15) is 70.8 Å². The molecule has 0 unspecified atom stereocenters. The molecule has 0 bridgehead atoms. The highest BCUT2D eigenvalue weighted by molar-refractivity contribution is 6.23. The minimum Gasteiger partial charge on any atom is -0.310 e. The predicted molar refractivity (Wildman–Crippen MR) is 357 cm³/mol. The van der Waals surface area contributed by atoms with E-state index in [2.05, 4.69) is 305 Å². The molecule has 0 saturated carbocycles. The van der Waals surface area contributed by atoms with Crippen molar-refractivity contribution in [3.05, 3.63) is 329 Å². The van der Waals surface area contributed by atoms with E-state index in [0.29, 0.717) is 0 Å². The first-order valence-corrected chi connectivity index (χ1v) is 30.1. The molecule has 1 heteroatoms. The van der Waals surface area contributed by atoms with Gasteiger partial charge in [0.25, 0.3) is 0 Å². The molecule has 0 amide bonds. The van der Waals surface area contributed by atoms with Crippen LogP contribution in [0, 0.1) is 0 Å². The van der Waals surface area contributed by atoms with Gasteiger partial charge in [-0.2, -0.15) is 0 Å². The van der Waals surface area contributed by atoms with E-state index < -0.39 is 10.8 Å². The fraction of sp³-hybridized carbons (Fsp3) is 0.0714. The lowest BCUT2D eigenvalue weighted by molar-refractivity contribution is 0.590. The van der Waals surface area contributed by atoms with Crippen molar-refractivity contribution in [3.8, 4) is 44.5 Å². The summed E-state index contributed by atoms with van der Waals surface area (Å²) in [6, 6.07) is 107. The number of rotatable bonds is 3. The van der Waals surface area contributed by atoms with Crippen LogP contribution in [0.5, 0.6) is 0 Å². The Morgan fingerprint density at radius 1 is 0.247 bits per heavy atom. The van der Waals surface area contributed by atoms with E-state index in [9.17, 15) is 0 Å². The Bertz CT molecular complexity index is 5070. The second kappa shape index (κ2) is 16.7. The molecule has 4 aliphatic rings. The maximum absolute atomic E-state index is 2.53. The number of benzene rings is 15. The maximum Gasteiger partial charge on any atom is 0.0731 e. The second-order valence-electron chi connectivity index (χ2n) is 25.4.